The molecule has 0 fully saturated rings. The third-order valence-electron chi connectivity index (χ3n) is 3.67. The number of hydrogen-bond acceptors (Lipinski definition) is 3. The van der Waals surface area contributed by atoms with E-state index in [4.69, 9.17) is 16.0 Å². The molecule has 2 N–H and O–H groups in total. The van der Waals surface area contributed by atoms with Crippen molar-refractivity contribution in [1.29, 1.82) is 0 Å². The normalized spacial score (nSPS) is 16.4. The van der Waals surface area contributed by atoms with Gasteiger partial charge in [0, 0.05) is 5.69 Å². The van der Waals surface area contributed by atoms with Gasteiger partial charge in [-0.3, -0.25) is 9.79 Å². The number of carbonyl (C=O) groups is 1. The Labute approximate surface area is 156 Å². The third kappa shape index (κ3) is 4.74. The highest BCUT2D eigenvalue weighted by molar-refractivity contribution is 6.30. The van der Waals surface area contributed by atoms with Gasteiger partial charge in [-0.05, 0) is 48.9 Å². The van der Waals surface area contributed by atoms with Gasteiger partial charge in [0.05, 0.1) is 12.3 Å². The van der Waals surface area contributed by atoms with Crippen LogP contribution in [-0.2, 0) is 0 Å². The minimum absolute atomic E-state index is 0.129. The molecular formula is C20H18ClN3O2. The molecular weight excluding hydrogens is 350 g/mol. The van der Waals surface area contributed by atoms with E-state index < -0.39 is 0 Å². The van der Waals surface area contributed by atoms with Crippen LogP contribution in [0.15, 0.2) is 87.6 Å². The van der Waals surface area contributed by atoms with Crippen molar-refractivity contribution in [3.05, 3.63) is 89.5 Å². The van der Waals surface area contributed by atoms with Gasteiger partial charge < -0.3 is 15.1 Å². The lowest BCUT2D eigenvalue weighted by molar-refractivity contribution is 0.0996. The summed E-state index contributed by atoms with van der Waals surface area (Å²) in [5, 5.41) is 6.36. The zero-order chi connectivity index (χ0) is 18.4. The third-order valence-corrected chi connectivity index (χ3v) is 3.89. The molecule has 2 aromatic rings. The molecule has 0 spiro atoms. The Kier molecular flexibility index (Phi) is 5.71. The molecule has 5 nitrogen and oxygen atoms in total. The zero-order valence-electron chi connectivity index (χ0n) is 14.1. The van der Waals surface area contributed by atoms with Gasteiger partial charge in [0.15, 0.2) is 5.76 Å². The Balaban J connectivity index is 1.75. The fourth-order valence-corrected chi connectivity index (χ4v) is 2.56. The largest absolute Gasteiger partial charge is 0.459 e. The van der Waals surface area contributed by atoms with E-state index in [9.17, 15) is 4.79 Å². The van der Waals surface area contributed by atoms with Crippen molar-refractivity contribution in [2.75, 3.05) is 5.32 Å². The predicted molar refractivity (Wildman–Crippen MR) is 104 cm³/mol. The fraction of sp³-hybridized carbons (Fsp3) is 0.100. The average Bonchev–Trinajstić information content (AvgIpc) is 3.14. The summed E-state index contributed by atoms with van der Waals surface area (Å²) < 4.78 is 5.10. The Hall–Kier alpha value is -3.05. The van der Waals surface area contributed by atoms with Gasteiger partial charge in [0.25, 0.3) is 5.91 Å². The van der Waals surface area contributed by atoms with E-state index in [2.05, 4.69) is 15.6 Å². The number of nitrogens with one attached hydrogen (secondary N) is 2. The molecule has 132 valence electrons. The van der Waals surface area contributed by atoms with Gasteiger partial charge in [-0.15, -0.1) is 0 Å². The number of nitrogens with zero attached hydrogens (tertiary/aromatic N) is 1. The minimum atomic E-state index is -0.292. The van der Waals surface area contributed by atoms with Crippen LogP contribution in [0.3, 0.4) is 0 Å². The Morgan fingerprint density at radius 1 is 1.23 bits per heavy atom. The summed E-state index contributed by atoms with van der Waals surface area (Å²) in [5.41, 5.74) is 1.64. The zero-order valence-corrected chi connectivity index (χ0v) is 14.9. The van der Waals surface area contributed by atoms with Gasteiger partial charge >= 0.3 is 0 Å². The first-order chi connectivity index (χ1) is 12.6. The van der Waals surface area contributed by atoms with Gasteiger partial charge in [0.1, 0.15) is 11.0 Å². The predicted octanol–water partition coefficient (Wildman–Crippen LogP) is 4.79. The lowest BCUT2D eigenvalue weighted by atomic mass is 10.1. The molecule has 0 unspecified atom stereocenters. The molecule has 1 aromatic heterocycles. The van der Waals surface area contributed by atoms with E-state index in [1.54, 1.807) is 18.2 Å². The van der Waals surface area contributed by atoms with Crippen molar-refractivity contribution in [3.63, 3.8) is 0 Å². The number of hydrogen-bond donors (Lipinski definition) is 2. The maximum atomic E-state index is 12.1. The number of anilines is 1. The first-order valence-electron chi connectivity index (χ1n) is 8.12. The van der Waals surface area contributed by atoms with Crippen LogP contribution in [0.25, 0.3) is 0 Å². The number of carbonyl (C=O) groups excluding carboxylic acids is 1. The van der Waals surface area contributed by atoms with Crippen molar-refractivity contribution in [2.24, 2.45) is 4.99 Å². The summed E-state index contributed by atoms with van der Waals surface area (Å²) in [6.07, 6.45) is 10.7. The van der Waals surface area contributed by atoms with Crippen molar-refractivity contribution in [1.82, 2.24) is 5.32 Å². The van der Waals surface area contributed by atoms with E-state index in [-0.39, 0.29) is 17.7 Å². The highest BCUT2D eigenvalue weighted by Gasteiger charge is 2.11. The summed E-state index contributed by atoms with van der Waals surface area (Å²) in [7, 11) is 0. The molecule has 1 aliphatic heterocycles. The fourth-order valence-electron chi connectivity index (χ4n) is 2.39. The molecule has 1 aliphatic rings. The van der Waals surface area contributed by atoms with Crippen molar-refractivity contribution in [2.45, 2.75) is 13.0 Å². The number of amidine groups is 1. The second-order valence-electron chi connectivity index (χ2n) is 5.63. The van der Waals surface area contributed by atoms with Crippen LogP contribution < -0.4 is 10.6 Å². The average molecular weight is 368 g/mol. The summed E-state index contributed by atoms with van der Waals surface area (Å²) >= 11 is 6.08. The maximum Gasteiger partial charge on any atom is 0.291 e. The monoisotopic (exact) mass is 367 g/mol. The number of rotatable bonds is 4. The molecule has 0 aliphatic carbocycles. The van der Waals surface area contributed by atoms with E-state index in [0.29, 0.717) is 16.7 Å². The summed E-state index contributed by atoms with van der Waals surface area (Å²) in [6, 6.07) is 10.7. The Morgan fingerprint density at radius 3 is 2.92 bits per heavy atom. The van der Waals surface area contributed by atoms with Crippen molar-refractivity contribution in [3.8, 4) is 0 Å². The molecule has 1 atom stereocenters. The lowest BCUT2D eigenvalue weighted by Crippen LogP contribution is -2.19. The van der Waals surface area contributed by atoms with Crippen LogP contribution in [0.1, 0.15) is 29.1 Å². The first-order valence-corrected chi connectivity index (χ1v) is 8.50. The Morgan fingerprint density at radius 2 is 2.12 bits per heavy atom. The van der Waals surface area contributed by atoms with Gasteiger partial charge in [-0.25, -0.2) is 0 Å². The van der Waals surface area contributed by atoms with Gasteiger partial charge in [0.2, 0.25) is 0 Å². The molecule has 0 saturated heterocycles. The summed E-state index contributed by atoms with van der Waals surface area (Å²) in [5.74, 6) is 0.634. The van der Waals surface area contributed by atoms with Crippen LogP contribution in [-0.4, -0.2) is 11.7 Å². The van der Waals surface area contributed by atoms with E-state index in [1.807, 2.05) is 55.5 Å². The first kappa shape index (κ1) is 17.8. The SMILES string of the molecule is C[C@H](N=C1C=CC=CC=C(Cl)N1)c1cccc(NC(=O)c2ccco2)c1. The van der Waals surface area contributed by atoms with Crippen LogP contribution in [0.2, 0.25) is 0 Å². The molecule has 0 bridgehead atoms. The molecule has 0 radical (unpaired) electrons. The van der Waals surface area contributed by atoms with Crippen molar-refractivity contribution >= 4 is 29.0 Å². The van der Waals surface area contributed by atoms with E-state index in [1.165, 1.54) is 6.26 Å². The van der Waals surface area contributed by atoms with Gasteiger partial charge in [-0.1, -0.05) is 42.0 Å². The number of benzene rings is 1. The highest BCUT2D eigenvalue weighted by atomic mass is 35.5. The summed E-state index contributed by atoms with van der Waals surface area (Å²) in [6.45, 7) is 1.97. The number of furan rings is 1. The quantitative estimate of drug-likeness (QED) is 0.763. The molecule has 0 saturated carbocycles. The second-order valence-corrected chi connectivity index (χ2v) is 6.04. The number of halogens is 1. The van der Waals surface area contributed by atoms with Crippen LogP contribution in [0, 0.1) is 0 Å². The lowest BCUT2D eigenvalue weighted by Gasteiger charge is -2.13. The minimum Gasteiger partial charge on any atom is -0.459 e. The molecule has 2 heterocycles. The van der Waals surface area contributed by atoms with Crippen molar-refractivity contribution < 1.29 is 9.21 Å². The molecule has 6 heteroatoms. The molecule has 1 amide bonds. The molecule has 3 rings (SSSR count). The standard InChI is InChI=1S/C20H18ClN3O2/c1-14(22-19-11-4-2-3-10-18(21)24-19)15-7-5-8-16(13-15)23-20(25)17-9-6-12-26-17/h2-14H,1H3,(H,22,24)(H,23,25)/t14-/m0/s1. The van der Waals surface area contributed by atoms with Crippen LogP contribution >= 0.6 is 11.6 Å². The smallest absolute Gasteiger partial charge is 0.291 e. The number of allylic oxidation sites excluding steroid dienone is 4. The van der Waals surface area contributed by atoms with E-state index in [0.717, 1.165) is 5.56 Å². The topological polar surface area (TPSA) is 66.6 Å². The Bertz CT molecular complexity index is 896. The van der Waals surface area contributed by atoms with Gasteiger partial charge in [-0.2, -0.15) is 0 Å². The molecule has 26 heavy (non-hydrogen) atoms. The maximum absolute atomic E-state index is 12.1. The second kappa shape index (κ2) is 8.36. The van der Waals surface area contributed by atoms with Crippen LogP contribution in [0.5, 0.6) is 0 Å². The number of aliphatic imine (C=N–C) groups is 1. The molecule has 1 aromatic carbocycles. The van der Waals surface area contributed by atoms with Crippen LogP contribution in [0.4, 0.5) is 5.69 Å². The van der Waals surface area contributed by atoms with E-state index >= 15 is 0 Å². The summed E-state index contributed by atoms with van der Waals surface area (Å²) in [4.78, 5) is 16.8. The number of amides is 1. The highest BCUT2D eigenvalue weighted by Crippen LogP contribution is 2.21.